The second-order valence-electron chi connectivity index (χ2n) is 10.4. The van der Waals surface area contributed by atoms with E-state index in [0.717, 1.165) is 41.5 Å². The Morgan fingerprint density at radius 1 is 1.02 bits per heavy atom. The Morgan fingerprint density at radius 3 is 2.48 bits per heavy atom. The van der Waals surface area contributed by atoms with Crippen LogP contribution in [0.25, 0.3) is 11.3 Å². The maximum atomic E-state index is 12.2. The normalized spacial score (nSPS) is 16.4. The van der Waals surface area contributed by atoms with Crippen LogP contribution in [0.1, 0.15) is 64.1 Å². The van der Waals surface area contributed by atoms with Crippen molar-refractivity contribution in [2.45, 2.75) is 44.3 Å². The number of nitrogens with zero attached hydrogens (tertiary/aromatic N) is 1. The molecule has 2 aliphatic rings. The van der Waals surface area contributed by atoms with Crippen LogP contribution in [0.2, 0.25) is 15.1 Å². The first-order chi connectivity index (χ1) is 20.1. The lowest BCUT2D eigenvalue weighted by Gasteiger charge is -2.27. The Hall–Kier alpha value is -3.24. The van der Waals surface area contributed by atoms with E-state index in [1.165, 1.54) is 6.07 Å². The number of hydrogen-bond donors (Lipinski definition) is 1. The highest BCUT2D eigenvalue weighted by Gasteiger charge is 2.34. The summed E-state index contributed by atoms with van der Waals surface area (Å²) in [6.07, 6.45) is 3.93. The fraction of sp³-hybridized carbons (Fsp3) is 0.267. The number of benzene rings is 3. The summed E-state index contributed by atoms with van der Waals surface area (Å²) in [5.41, 5.74) is 3.87. The minimum absolute atomic E-state index is 0.199. The zero-order valence-electron chi connectivity index (χ0n) is 22.3. The van der Waals surface area contributed by atoms with Crippen LogP contribution in [-0.2, 0) is 23.1 Å². The number of halogens is 3. The number of rotatable bonds is 8. The molecule has 1 N–H and O–H groups in total. The Labute approximate surface area is 257 Å². The highest BCUT2D eigenvalue weighted by molar-refractivity contribution is 7.89. The van der Waals surface area contributed by atoms with Crippen LogP contribution in [-0.4, -0.2) is 25.7 Å². The average Bonchev–Trinajstić information content (AvgIpc) is 3.70. The molecule has 2 heterocycles. The molecule has 12 heteroatoms. The molecule has 218 valence electrons. The Morgan fingerprint density at radius 2 is 1.79 bits per heavy atom. The maximum absolute atomic E-state index is 12.2. The molecule has 4 aromatic rings. The van der Waals surface area contributed by atoms with Gasteiger partial charge >= 0.3 is 0 Å². The van der Waals surface area contributed by atoms with Crippen molar-refractivity contribution in [1.29, 1.82) is 0 Å². The largest absolute Gasteiger partial charge is 0.489 e. The number of carbonyl (C=O) groups is 1. The molecular formula is C30H25Cl3N2O6S. The summed E-state index contributed by atoms with van der Waals surface area (Å²) < 4.78 is 42.9. The monoisotopic (exact) mass is 646 g/mol. The van der Waals surface area contributed by atoms with Crippen molar-refractivity contribution in [2.24, 2.45) is 0 Å². The molecule has 1 unspecified atom stereocenters. The summed E-state index contributed by atoms with van der Waals surface area (Å²) in [4.78, 5) is 12.2. The smallest absolute Gasteiger partial charge is 0.264 e. The molecule has 1 atom stereocenters. The highest BCUT2D eigenvalue weighted by Crippen LogP contribution is 2.46. The third-order valence-electron chi connectivity index (χ3n) is 7.21. The molecule has 1 amide bonds. The van der Waals surface area contributed by atoms with Crippen LogP contribution in [0.5, 0.6) is 11.5 Å². The third kappa shape index (κ3) is 6.10. The minimum Gasteiger partial charge on any atom is -0.489 e. The number of amides is 1. The first-order valence-electron chi connectivity index (χ1n) is 13.2. The Kier molecular flexibility index (Phi) is 7.87. The van der Waals surface area contributed by atoms with E-state index >= 15 is 0 Å². The first-order valence-corrected chi connectivity index (χ1v) is 16.3. The molecule has 0 radical (unpaired) electrons. The predicted molar refractivity (Wildman–Crippen MR) is 160 cm³/mol. The van der Waals surface area contributed by atoms with Gasteiger partial charge in [-0.05, 0) is 73.7 Å². The van der Waals surface area contributed by atoms with Crippen molar-refractivity contribution in [3.8, 4) is 22.8 Å². The summed E-state index contributed by atoms with van der Waals surface area (Å²) >= 11 is 19.6. The number of aryl methyl sites for hydroxylation is 1. The van der Waals surface area contributed by atoms with E-state index in [4.69, 9.17) is 48.8 Å². The van der Waals surface area contributed by atoms with Crippen LogP contribution in [0.3, 0.4) is 0 Å². The van der Waals surface area contributed by atoms with Crippen LogP contribution in [0, 0.1) is 0 Å². The fourth-order valence-electron chi connectivity index (χ4n) is 5.04. The summed E-state index contributed by atoms with van der Waals surface area (Å²) in [7, 11) is -3.66. The van der Waals surface area contributed by atoms with Crippen molar-refractivity contribution in [2.75, 3.05) is 6.26 Å². The topological polar surface area (TPSA) is 108 Å². The zero-order chi connectivity index (χ0) is 29.6. The van der Waals surface area contributed by atoms with Gasteiger partial charge in [-0.15, -0.1) is 0 Å². The summed E-state index contributed by atoms with van der Waals surface area (Å²) in [5, 5.41) is 5.76. The predicted octanol–water partition coefficient (Wildman–Crippen LogP) is 7.51. The van der Waals surface area contributed by atoms with Gasteiger partial charge in [0.25, 0.3) is 5.91 Å². The second-order valence-corrected chi connectivity index (χ2v) is 13.4. The van der Waals surface area contributed by atoms with Gasteiger partial charge in [-0.3, -0.25) is 4.79 Å². The van der Waals surface area contributed by atoms with Crippen LogP contribution in [0.15, 0.2) is 59.1 Å². The number of aromatic nitrogens is 1. The van der Waals surface area contributed by atoms with Gasteiger partial charge in [0.2, 0.25) is 10.0 Å². The van der Waals surface area contributed by atoms with E-state index in [0.29, 0.717) is 56.6 Å². The lowest BCUT2D eigenvalue weighted by molar-refractivity contribution is 0.0981. The molecule has 6 rings (SSSR count). The maximum Gasteiger partial charge on any atom is 0.264 e. The van der Waals surface area contributed by atoms with Gasteiger partial charge < -0.3 is 14.0 Å². The minimum atomic E-state index is -3.66. The zero-order valence-corrected chi connectivity index (χ0v) is 25.4. The van der Waals surface area contributed by atoms with Crippen LogP contribution < -0.4 is 14.2 Å². The van der Waals surface area contributed by atoms with Gasteiger partial charge in [-0.2, -0.15) is 0 Å². The van der Waals surface area contributed by atoms with Gasteiger partial charge in [0, 0.05) is 22.6 Å². The van der Waals surface area contributed by atoms with E-state index in [-0.39, 0.29) is 18.3 Å². The summed E-state index contributed by atoms with van der Waals surface area (Å²) in [5.74, 6) is 1.59. The van der Waals surface area contributed by atoms with Gasteiger partial charge in [0.15, 0.2) is 0 Å². The van der Waals surface area contributed by atoms with E-state index in [2.05, 4.69) is 5.16 Å². The van der Waals surface area contributed by atoms with Gasteiger partial charge in [-0.1, -0.05) is 52.1 Å². The molecule has 3 aromatic carbocycles. The van der Waals surface area contributed by atoms with Crippen LogP contribution in [0.4, 0.5) is 0 Å². The van der Waals surface area contributed by atoms with E-state index in [1.807, 2.05) is 16.9 Å². The van der Waals surface area contributed by atoms with Gasteiger partial charge in [0.1, 0.15) is 35.7 Å². The fourth-order valence-corrected chi connectivity index (χ4v) is 6.36. The molecule has 0 spiro atoms. The molecule has 0 saturated heterocycles. The van der Waals surface area contributed by atoms with E-state index < -0.39 is 15.9 Å². The quantitative estimate of drug-likeness (QED) is 0.211. The molecule has 1 saturated carbocycles. The van der Waals surface area contributed by atoms with Crippen LogP contribution >= 0.6 is 34.8 Å². The number of ether oxygens (including phenoxy) is 2. The van der Waals surface area contributed by atoms with E-state index in [9.17, 15) is 13.2 Å². The van der Waals surface area contributed by atoms with E-state index in [1.54, 1.807) is 36.4 Å². The third-order valence-corrected chi connectivity index (χ3v) is 8.73. The number of nitrogens with one attached hydrogen (secondary N) is 1. The summed E-state index contributed by atoms with van der Waals surface area (Å²) in [6.45, 7) is 0.199. The van der Waals surface area contributed by atoms with Crippen molar-refractivity contribution < 1.29 is 27.2 Å². The van der Waals surface area contributed by atoms with Gasteiger partial charge in [0.05, 0.1) is 26.9 Å². The standard InChI is InChI=1S/C30H25Cl3N2O6S/c1-42(37,38)35-30(36)18-8-11-25-17(13-18)7-12-26(40-25)20-10-9-19(14-24(20)33)39-15-21-28(34-41-29(21)16-5-6-16)27-22(31)3-2-4-23(27)32/h2-4,8-11,13-14,16,26H,5-7,12,15H2,1H3,(H,35,36). The van der Waals surface area contributed by atoms with Crippen molar-refractivity contribution in [1.82, 2.24) is 9.88 Å². The average molecular weight is 648 g/mol. The van der Waals surface area contributed by atoms with Crippen molar-refractivity contribution in [3.63, 3.8) is 0 Å². The molecule has 42 heavy (non-hydrogen) atoms. The molecule has 1 aromatic heterocycles. The lowest BCUT2D eigenvalue weighted by atomic mass is 9.96. The SMILES string of the molecule is CS(=O)(=O)NC(=O)c1ccc2c(c1)CCC(c1ccc(OCc3c(-c4c(Cl)cccc4Cl)noc3C3CC3)cc1Cl)O2. The Balaban J connectivity index is 1.17. The first kappa shape index (κ1) is 28.9. The molecule has 8 nitrogen and oxygen atoms in total. The second kappa shape index (κ2) is 11.4. The molecular weight excluding hydrogens is 623 g/mol. The number of carbonyl (C=O) groups excluding carboxylic acids is 1. The molecule has 1 fully saturated rings. The number of fused-ring (bicyclic) bond motifs is 1. The highest BCUT2D eigenvalue weighted by atomic mass is 35.5. The lowest BCUT2D eigenvalue weighted by Crippen LogP contribution is -2.29. The summed E-state index contributed by atoms with van der Waals surface area (Å²) in [6, 6.07) is 15.6. The molecule has 1 aliphatic heterocycles. The van der Waals surface area contributed by atoms with Gasteiger partial charge in [-0.25, -0.2) is 13.1 Å². The number of hydrogen-bond acceptors (Lipinski definition) is 7. The molecule has 0 bridgehead atoms. The number of sulfonamides is 1. The van der Waals surface area contributed by atoms with Crippen molar-refractivity contribution in [3.05, 3.63) is 97.7 Å². The Bertz CT molecular complexity index is 1780. The molecule has 1 aliphatic carbocycles. The van der Waals surface area contributed by atoms with Crippen molar-refractivity contribution >= 4 is 50.7 Å².